The Morgan fingerprint density at radius 3 is 2.52 bits per heavy atom. The van der Waals surface area contributed by atoms with Gasteiger partial charge in [0, 0.05) is 6.20 Å². The number of ether oxygens (including phenoxy) is 2. The largest absolute Gasteiger partial charge is 0.468 e. The lowest BCUT2D eigenvalue weighted by Crippen LogP contribution is -2.34. The van der Waals surface area contributed by atoms with E-state index in [1.807, 2.05) is 0 Å². The van der Waals surface area contributed by atoms with E-state index in [2.05, 4.69) is 14.5 Å². The molecule has 23 heavy (non-hydrogen) atoms. The average molecular weight is 339 g/mol. The van der Waals surface area contributed by atoms with Gasteiger partial charge in [0.2, 0.25) is 0 Å². The highest BCUT2D eigenvalue weighted by molar-refractivity contribution is 8.18. The second-order valence-corrected chi connectivity index (χ2v) is 5.38. The first kappa shape index (κ1) is 16.7. The quantitative estimate of drug-likeness (QED) is 0.555. The molecule has 2 heterocycles. The Hall–Kier alpha value is -2.62. The number of hydrogen-bond donors (Lipinski definition) is 0. The molecular formula is C13H13N3O6S. The smallest absolute Gasteiger partial charge is 0.325 e. The lowest BCUT2D eigenvalue weighted by atomic mass is 10.3. The molecule has 10 heteroatoms. The number of thioether (sulfide) groups is 1. The maximum Gasteiger partial charge on any atom is 0.325 e. The Morgan fingerprint density at radius 2 is 1.87 bits per heavy atom. The molecule has 0 aromatic carbocycles. The molecule has 9 nitrogen and oxygen atoms in total. The summed E-state index contributed by atoms with van der Waals surface area (Å²) in [4.78, 5) is 51.2. The molecule has 0 spiro atoms. The first-order chi connectivity index (χ1) is 10.9. The topological polar surface area (TPSA) is 108 Å². The minimum Gasteiger partial charge on any atom is -0.468 e. The third kappa shape index (κ3) is 3.97. The zero-order chi connectivity index (χ0) is 17.0. The summed E-state index contributed by atoms with van der Waals surface area (Å²) in [6.45, 7) is -0.448. The summed E-state index contributed by atoms with van der Waals surface area (Å²) in [5.74, 6) is -1.71. The van der Waals surface area contributed by atoms with E-state index in [0.717, 1.165) is 4.90 Å². The van der Waals surface area contributed by atoms with Crippen LogP contribution >= 0.6 is 11.8 Å². The van der Waals surface area contributed by atoms with Crippen molar-refractivity contribution in [2.75, 3.05) is 20.8 Å². The molecule has 0 atom stereocenters. The van der Waals surface area contributed by atoms with Crippen LogP contribution in [0.4, 0.5) is 4.79 Å². The molecule has 1 aliphatic heterocycles. The molecule has 0 aliphatic carbocycles. The van der Waals surface area contributed by atoms with Crippen LogP contribution in [0.3, 0.4) is 0 Å². The SMILES string of the molecule is COC(=O)CN1C(=O)S/C(=C\c2cn(CC(=O)OC)cn2)C1=O. The van der Waals surface area contributed by atoms with Crippen LogP contribution in [0, 0.1) is 0 Å². The van der Waals surface area contributed by atoms with Crippen LogP contribution in [-0.2, 0) is 30.4 Å². The van der Waals surface area contributed by atoms with Gasteiger partial charge >= 0.3 is 11.9 Å². The maximum atomic E-state index is 12.1. The van der Waals surface area contributed by atoms with E-state index in [-0.39, 0.29) is 11.4 Å². The molecule has 1 aliphatic rings. The molecule has 1 aromatic rings. The van der Waals surface area contributed by atoms with E-state index < -0.39 is 29.6 Å². The van der Waals surface area contributed by atoms with Gasteiger partial charge in [-0.1, -0.05) is 0 Å². The van der Waals surface area contributed by atoms with Gasteiger partial charge in [-0.05, 0) is 17.8 Å². The van der Waals surface area contributed by atoms with Crippen molar-refractivity contribution in [1.29, 1.82) is 0 Å². The maximum absolute atomic E-state index is 12.1. The van der Waals surface area contributed by atoms with Gasteiger partial charge in [-0.2, -0.15) is 0 Å². The monoisotopic (exact) mass is 339 g/mol. The molecule has 0 saturated carbocycles. The van der Waals surface area contributed by atoms with Crippen molar-refractivity contribution in [3.05, 3.63) is 23.1 Å². The number of nitrogens with zero attached hydrogens (tertiary/aromatic N) is 3. The summed E-state index contributed by atoms with van der Waals surface area (Å²) in [6, 6.07) is 0. The van der Waals surface area contributed by atoms with E-state index in [9.17, 15) is 19.2 Å². The van der Waals surface area contributed by atoms with Crippen LogP contribution in [-0.4, -0.2) is 58.3 Å². The second kappa shape index (κ2) is 7.09. The number of imidazole rings is 1. The first-order valence-corrected chi connectivity index (χ1v) is 7.17. The number of esters is 2. The van der Waals surface area contributed by atoms with Gasteiger partial charge in [0.05, 0.1) is 31.1 Å². The van der Waals surface area contributed by atoms with E-state index in [1.54, 1.807) is 0 Å². The van der Waals surface area contributed by atoms with Crippen LogP contribution in [0.5, 0.6) is 0 Å². The fourth-order valence-corrected chi connectivity index (χ4v) is 2.54. The van der Waals surface area contributed by atoms with Crippen LogP contribution in [0.15, 0.2) is 17.4 Å². The third-order valence-corrected chi connectivity index (χ3v) is 3.77. The zero-order valence-corrected chi connectivity index (χ0v) is 13.2. The number of methoxy groups -OCH3 is 2. The Kier molecular flexibility index (Phi) is 5.16. The fourth-order valence-electron chi connectivity index (χ4n) is 1.72. The van der Waals surface area contributed by atoms with Crippen molar-refractivity contribution >= 4 is 40.9 Å². The number of imide groups is 1. The fraction of sp³-hybridized carbons (Fsp3) is 0.308. The Balaban J connectivity index is 2.11. The van der Waals surface area contributed by atoms with Crippen LogP contribution in [0.2, 0.25) is 0 Å². The van der Waals surface area contributed by atoms with Gasteiger partial charge < -0.3 is 14.0 Å². The molecule has 122 valence electrons. The highest BCUT2D eigenvalue weighted by Crippen LogP contribution is 2.31. The van der Waals surface area contributed by atoms with E-state index in [0.29, 0.717) is 17.5 Å². The Labute approximate surface area is 135 Å². The van der Waals surface area contributed by atoms with Crippen LogP contribution in [0.1, 0.15) is 5.69 Å². The Morgan fingerprint density at radius 1 is 1.22 bits per heavy atom. The van der Waals surface area contributed by atoms with Crippen LogP contribution in [0.25, 0.3) is 6.08 Å². The highest BCUT2D eigenvalue weighted by Gasteiger charge is 2.36. The van der Waals surface area contributed by atoms with Crippen molar-refractivity contribution < 1.29 is 28.7 Å². The lowest BCUT2D eigenvalue weighted by molar-refractivity contribution is -0.143. The minimum absolute atomic E-state index is 0.0127. The van der Waals surface area contributed by atoms with Crippen molar-refractivity contribution in [1.82, 2.24) is 14.5 Å². The highest BCUT2D eigenvalue weighted by atomic mass is 32.2. The molecule has 0 N–H and O–H groups in total. The van der Waals surface area contributed by atoms with E-state index in [4.69, 9.17) is 0 Å². The van der Waals surface area contributed by atoms with Crippen molar-refractivity contribution in [3.8, 4) is 0 Å². The van der Waals surface area contributed by atoms with E-state index >= 15 is 0 Å². The van der Waals surface area contributed by atoms with Gasteiger partial charge in [0.1, 0.15) is 13.1 Å². The van der Waals surface area contributed by atoms with Gasteiger partial charge in [-0.3, -0.25) is 24.1 Å². The molecule has 0 unspecified atom stereocenters. The molecule has 0 radical (unpaired) electrons. The molecule has 2 amide bonds. The second-order valence-electron chi connectivity index (χ2n) is 4.39. The standard InChI is InChI=1S/C13H13N3O6S/c1-21-10(17)5-15-4-8(14-7-15)3-9-12(19)16(13(20)23-9)6-11(18)22-2/h3-4,7H,5-6H2,1-2H3/b9-3-. The molecule has 1 saturated heterocycles. The predicted octanol–water partition coefficient (Wildman–Crippen LogP) is 0.265. The number of amides is 2. The molecule has 2 rings (SSSR count). The van der Waals surface area contributed by atoms with Crippen LogP contribution < -0.4 is 0 Å². The molecule has 0 bridgehead atoms. The summed E-state index contributed by atoms with van der Waals surface area (Å²) in [5.41, 5.74) is 0.400. The van der Waals surface area contributed by atoms with Crippen molar-refractivity contribution in [3.63, 3.8) is 0 Å². The number of hydrogen-bond acceptors (Lipinski definition) is 8. The first-order valence-electron chi connectivity index (χ1n) is 6.35. The lowest BCUT2D eigenvalue weighted by Gasteiger charge is -2.09. The van der Waals surface area contributed by atoms with Gasteiger partial charge in [-0.15, -0.1) is 0 Å². The van der Waals surface area contributed by atoms with Gasteiger partial charge in [0.15, 0.2) is 0 Å². The average Bonchev–Trinajstić information content (AvgIpc) is 3.07. The predicted molar refractivity (Wildman–Crippen MR) is 78.9 cm³/mol. The summed E-state index contributed by atoms with van der Waals surface area (Å²) in [6.07, 6.45) is 4.35. The zero-order valence-electron chi connectivity index (χ0n) is 12.3. The van der Waals surface area contributed by atoms with E-state index in [1.165, 1.54) is 37.4 Å². The van der Waals surface area contributed by atoms with Crippen molar-refractivity contribution in [2.45, 2.75) is 6.54 Å². The minimum atomic E-state index is -0.684. The summed E-state index contributed by atoms with van der Waals surface area (Å²) in [5, 5.41) is -0.555. The summed E-state index contributed by atoms with van der Waals surface area (Å²) < 4.78 is 10.5. The summed E-state index contributed by atoms with van der Waals surface area (Å²) in [7, 11) is 2.45. The molecule has 1 fully saturated rings. The van der Waals surface area contributed by atoms with Gasteiger partial charge in [0.25, 0.3) is 11.1 Å². The molecular weight excluding hydrogens is 326 g/mol. The normalized spacial score (nSPS) is 16.1. The number of aromatic nitrogens is 2. The number of carbonyl (C=O) groups is 4. The van der Waals surface area contributed by atoms with Crippen molar-refractivity contribution in [2.24, 2.45) is 0 Å². The number of rotatable bonds is 5. The number of carbonyl (C=O) groups excluding carboxylic acids is 4. The molecule has 1 aromatic heterocycles. The summed E-state index contributed by atoms with van der Waals surface area (Å²) >= 11 is 0.707. The Bertz CT molecular complexity index is 696. The van der Waals surface area contributed by atoms with Gasteiger partial charge in [-0.25, -0.2) is 4.98 Å². The third-order valence-electron chi connectivity index (χ3n) is 2.86.